The summed E-state index contributed by atoms with van der Waals surface area (Å²) >= 11 is 0. The van der Waals surface area contributed by atoms with E-state index in [1.54, 1.807) is 6.07 Å². The molecule has 0 spiro atoms. The minimum absolute atomic E-state index is 0.0168. The summed E-state index contributed by atoms with van der Waals surface area (Å²) in [5.41, 5.74) is 4.69. The second-order valence-corrected chi connectivity index (χ2v) is 5.73. The Kier molecular flexibility index (Phi) is 2.85. The third-order valence-corrected chi connectivity index (χ3v) is 4.03. The quantitative estimate of drug-likeness (QED) is 0.851. The van der Waals surface area contributed by atoms with Gasteiger partial charge in [0.1, 0.15) is 0 Å². The summed E-state index contributed by atoms with van der Waals surface area (Å²) < 4.78 is 0. The van der Waals surface area contributed by atoms with Crippen LogP contribution in [0.5, 0.6) is 0 Å². The maximum Gasteiger partial charge on any atom is 0.248 e. The maximum absolute atomic E-state index is 11.6. The lowest BCUT2D eigenvalue weighted by molar-refractivity contribution is 0.626. The standard InChI is InChI=1S/C16H20N2O/c1-10(2)18-6-4-5-12-8-13-11(3)7-16(19)17-14(13)9-15(12)18/h7-10H,4-6H2,1-3H3,(H,17,19). The van der Waals surface area contributed by atoms with Crippen molar-refractivity contribution in [2.75, 3.05) is 11.4 Å². The van der Waals surface area contributed by atoms with E-state index in [2.05, 4.69) is 35.9 Å². The Morgan fingerprint density at radius 3 is 2.79 bits per heavy atom. The summed E-state index contributed by atoms with van der Waals surface area (Å²) in [7, 11) is 0. The van der Waals surface area contributed by atoms with Gasteiger partial charge >= 0.3 is 0 Å². The van der Waals surface area contributed by atoms with Gasteiger partial charge in [-0.15, -0.1) is 0 Å². The molecule has 3 rings (SSSR count). The number of pyridine rings is 1. The van der Waals surface area contributed by atoms with Crippen molar-refractivity contribution >= 4 is 16.6 Å². The SMILES string of the molecule is Cc1cc(=O)[nH]c2cc3c(cc12)CCCN3C(C)C. The van der Waals surface area contributed by atoms with Crippen LogP contribution in [0.2, 0.25) is 0 Å². The Labute approximate surface area is 113 Å². The number of rotatable bonds is 1. The number of anilines is 1. The number of benzene rings is 1. The number of aromatic amines is 1. The predicted octanol–water partition coefficient (Wildman–Crippen LogP) is 3.00. The molecule has 0 amide bonds. The third-order valence-electron chi connectivity index (χ3n) is 4.03. The molecule has 2 aromatic rings. The summed E-state index contributed by atoms with van der Waals surface area (Å²) in [6.07, 6.45) is 2.34. The van der Waals surface area contributed by atoms with E-state index in [-0.39, 0.29) is 5.56 Å². The lowest BCUT2D eigenvalue weighted by Crippen LogP contribution is -2.35. The van der Waals surface area contributed by atoms with Gasteiger partial charge in [0.15, 0.2) is 0 Å². The number of hydrogen-bond donors (Lipinski definition) is 1. The highest BCUT2D eigenvalue weighted by Crippen LogP contribution is 2.32. The molecule has 3 heteroatoms. The average molecular weight is 256 g/mol. The van der Waals surface area contributed by atoms with Gasteiger partial charge in [0.25, 0.3) is 0 Å². The molecule has 3 nitrogen and oxygen atoms in total. The Bertz CT molecular complexity index is 685. The van der Waals surface area contributed by atoms with E-state index in [9.17, 15) is 4.79 Å². The first kappa shape index (κ1) is 12.3. The number of fused-ring (bicyclic) bond motifs is 2. The molecule has 0 radical (unpaired) electrons. The molecule has 1 N–H and O–H groups in total. The molecule has 19 heavy (non-hydrogen) atoms. The molecule has 2 heterocycles. The second-order valence-electron chi connectivity index (χ2n) is 5.73. The van der Waals surface area contributed by atoms with Gasteiger partial charge in [-0.1, -0.05) is 0 Å². The van der Waals surface area contributed by atoms with Crippen molar-refractivity contribution < 1.29 is 0 Å². The maximum atomic E-state index is 11.6. The monoisotopic (exact) mass is 256 g/mol. The van der Waals surface area contributed by atoms with Crippen LogP contribution in [-0.4, -0.2) is 17.6 Å². The highest BCUT2D eigenvalue weighted by Gasteiger charge is 2.20. The van der Waals surface area contributed by atoms with Gasteiger partial charge in [-0.05, 0) is 56.9 Å². The van der Waals surface area contributed by atoms with E-state index < -0.39 is 0 Å². The zero-order valence-electron chi connectivity index (χ0n) is 11.8. The van der Waals surface area contributed by atoms with Crippen molar-refractivity contribution in [1.82, 2.24) is 4.98 Å². The first-order valence-corrected chi connectivity index (χ1v) is 6.99. The van der Waals surface area contributed by atoms with Crippen molar-refractivity contribution in [3.05, 3.63) is 39.7 Å². The van der Waals surface area contributed by atoms with Gasteiger partial charge in [-0.3, -0.25) is 4.79 Å². The molecule has 1 aromatic carbocycles. The molecule has 1 aliphatic heterocycles. The lowest BCUT2D eigenvalue weighted by atomic mass is 9.97. The first-order chi connectivity index (χ1) is 9.06. The average Bonchev–Trinajstić information content (AvgIpc) is 2.35. The largest absolute Gasteiger partial charge is 0.369 e. The minimum atomic E-state index is -0.0168. The number of H-pyrrole nitrogens is 1. The van der Waals surface area contributed by atoms with Gasteiger partial charge in [-0.2, -0.15) is 0 Å². The van der Waals surface area contributed by atoms with E-state index in [1.807, 2.05) is 6.92 Å². The summed E-state index contributed by atoms with van der Waals surface area (Å²) in [6, 6.07) is 6.58. The van der Waals surface area contributed by atoms with Crippen molar-refractivity contribution in [1.29, 1.82) is 0 Å². The van der Waals surface area contributed by atoms with Crippen LogP contribution in [0.15, 0.2) is 23.0 Å². The number of nitrogens with one attached hydrogen (secondary N) is 1. The Balaban J connectivity index is 2.27. The van der Waals surface area contributed by atoms with Crippen molar-refractivity contribution in [2.45, 2.75) is 39.7 Å². The van der Waals surface area contributed by atoms with Crippen molar-refractivity contribution in [2.24, 2.45) is 0 Å². The van der Waals surface area contributed by atoms with Crippen LogP contribution in [0.25, 0.3) is 10.9 Å². The Hall–Kier alpha value is -1.77. The smallest absolute Gasteiger partial charge is 0.248 e. The van der Waals surface area contributed by atoms with E-state index in [1.165, 1.54) is 23.1 Å². The number of aromatic nitrogens is 1. The number of nitrogens with zero attached hydrogens (tertiary/aromatic N) is 1. The zero-order chi connectivity index (χ0) is 13.6. The minimum Gasteiger partial charge on any atom is -0.369 e. The molecule has 0 saturated heterocycles. The Morgan fingerprint density at radius 2 is 2.05 bits per heavy atom. The van der Waals surface area contributed by atoms with Gasteiger partial charge in [0.05, 0.1) is 5.52 Å². The molecule has 1 aromatic heterocycles. The van der Waals surface area contributed by atoms with E-state index in [0.717, 1.165) is 24.0 Å². The fourth-order valence-corrected chi connectivity index (χ4v) is 3.07. The van der Waals surface area contributed by atoms with E-state index in [0.29, 0.717) is 6.04 Å². The first-order valence-electron chi connectivity index (χ1n) is 6.99. The van der Waals surface area contributed by atoms with Crippen LogP contribution in [0.3, 0.4) is 0 Å². The number of hydrogen-bond acceptors (Lipinski definition) is 2. The van der Waals surface area contributed by atoms with Crippen molar-refractivity contribution in [3.63, 3.8) is 0 Å². The fraction of sp³-hybridized carbons (Fsp3) is 0.438. The van der Waals surface area contributed by atoms with Crippen molar-refractivity contribution in [3.8, 4) is 0 Å². The molecule has 0 aliphatic carbocycles. The third kappa shape index (κ3) is 2.03. The highest BCUT2D eigenvalue weighted by atomic mass is 16.1. The molecule has 0 saturated carbocycles. The lowest BCUT2D eigenvalue weighted by Gasteiger charge is -2.35. The highest BCUT2D eigenvalue weighted by molar-refractivity contribution is 5.87. The summed E-state index contributed by atoms with van der Waals surface area (Å²) in [5, 5.41) is 1.17. The molecule has 1 aliphatic rings. The van der Waals surface area contributed by atoms with Crippen LogP contribution < -0.4 is 10.5 Å². The molecule has 0 atom stereocenters. The van der Waals surface area contributed by atoms with Gasteiger partial charge in [0.2, 0.25) is 5.56 Å². The zero-order valence-corrected chi connectivity index (χ0v) is 11.8. The fourth-order valence-electron chi connectivity index (χ4n) is 3.07. The normalized spacial score (nSPS) is 15.1. The topological polar surface area (TPSA) is 36.1 Å². The van der Waals surface area contributed by atoms with Crippen LogP contribution in [0.4, 0.5) is 5.69 Å². The van der Waals surface area contributed by atoms with Crippen LogP contribution in [0.1, 0.15) is 31.4 Å². The van der Waals surface area contributed by atoms with Crippen LogP contribution in [0, 0.1) is 6.92 Å². The molecule has 0 fully saturated rings. The van der Waals surface area contributed by atoms with Crippen LogP contribution >= 0.6 is 0 Å². The van der Waals surface area contributed by atoms with Gasteiger partial charge < -0.3 is 9.88 Å². The summed E-state index contributed by atoms with van der Waals surface area (Å²) in [4.78, 5) is 17.0. The summed E-state index contributed by atoms with van der Waals surface area (Å²) in [5.74, 6) is 0. The van der Waals surface area contributed by atoms with Gasteiger partial charge in [0, 0.05) is 29.7 Å². The van der Waals surface area contributed by atoms with E-state index in [4.69, 9.17) is 0 Å². The Morgan fingerprint density at radius 1 is 1.26 bits per heavy atom. The predicted molar refractivity (Wildman–Crippen MR) is 80.1 cm³/mol. The molecule has 0 unspecified atom stereocenters. The molecule has 100 valence electrons. The van der Waals surface area contributed by atoms with Crippen LogP contribution in [-0.2, 0) is 6.42 Å². The molecular weight excluding hydrogens is 236 g/mol. The van der Waals surface area contributed by atoms with E-state index >= 15 is 0 Å². The second kappa shape index (κ2) is 4.41. The molecule has 0 bridgehead atoms. The van der Waals surface area contributed by atoms with Gasteiger partial charge in [-0.25, -0.2) is 0 Å². The molecular formula is C16H20N2O. The number of aryl methyl sites for hydroxylation is 2. The summed E-state index contributed by atoms with van der Waals surface area (Å²) in [6.45, 7) is 7.55.